The van der Waals surface area contributed by atoms with Crippen molar-refractivity contribution in [3.8, 4) is 10.4 Å². The van der Waals surface area contributed by atoms with Crippen LogP contribution < -0.4 is 0 Å². The van der Waals surface area contributed by atoms with E-state index < -0.39 is 0 Å². The van der Waals surface area contributed by atoms with E-state index in [9.17, 15) is 0 Å². The Hall–Kier alpha value is -4.48. The van der Waals surface area contributed by atoms with Crippen molar-refractivity contribution in [1.82, 2.24) is 0 Å². The third-order valence-corrected chi connectivity index (χ3v) is 6.96. The molecule has 5 heteroatoms. The number of nitrogens with zero attached hydrogens (tertiary/aromatic N) is 4. The highest BCUT2D eigenvalue weighted by molar-refractivity contribution is 7.13. The fourth-order valence-corrected chi connectivity index (χ4v) is 5.12. The lowest BCUT2D eigenvalue weighted by atomic mass is 10.0. The topological polar surface area (TPSA) is 49.4 Å². The van der Waals surface area contributed by atoms with Crippen LogP contribution in [-0.4, -0.2) is 22.8 Å². The molecule has 0 atom stereocenters. The minimum atomic E-state index is 0.872. The number of allylic oxidation sites excluding steroid dienone is 12. The van der Waals surface area contributed by atoms with Crippen molar-refractivity contribution in [1.29, 1.82) is 0 Å². The van der Waals surface area contributed by atoms with Gasteiger partial charge in [0.1, 0.15) is 0 Å². The zero-order chi connectivity index (χ0) is 23.2. The Kier molecular flexibility index (Phi) is 4.60. The molecule has 5 aliphatic rings. The molecule has 35 heavy (non-hydrogen) atoms. The van der Waals surface area contributed by atoms with E-state index >= 15 is 0 Å². The second kappa shape index (κ2) is 8.08. The van der Waals surface area contributed by atoms with Crippen molar-refractivity contribution < 1.29 is 0 Å². The van der Waals surface area contributed by atoms with E-state index in [0.29, 0.717) is 0 Å². The van der Waals surface area contributed by atoms with Crippen molar-refractivity contribution in [3.63, 3.8) is 0 Å². The van der Waals surface area contributed by atoms with Gasteiger partial charge in [-0.25, -0.2) is 20.0 Å². The van der Waals surface area contributed by atoms with Crippen molar-refractivity contribution in [2.24, 2.45) is 20.0 Å². The van der Waals surface area contributed by atoms with Crippen LogP contribution in [0.1, 0.15) is 5.56 Å². The normalized spacial score (nSPS) is 19.5. The van der Waals surface area contributed by atoms with Crippen LogP contribution in [0.2, 0.25) is 0 Å². The van der Waals surface area contributed by atoms with Crippen LogP contribution in [0.3, 0.4) is 0 Å². The van der Waals surface area contributed by atoms with Crippen molar-refractivity contribution >= 4 is 39.8 Å². The van der Waals surface area contributed by atoms with Gasteiger partial charge in [-0.15, -0.1) is 11.3 Å². The Morgan fingerprint density at radius 1 is 0.486 bits per heavy atom. The molecule has 1 aromatic heterocycles. The molecule has 0 saturated carbocycles. The van der Waals surface area contributed by atoms with Crippen molar-refractivity contribution in [3.05, 3.63) is 137 Å². The van der Waals surface area contributed by atoms with Gasteiger partial charge in [0.15, 0.2) is 0 Å². The van der Waals surface area contributed by atoms with E-state index in [1.807, 2.05) is 60.8 Å². The highest BCUT2D eigenvalue weighted by atomic mass is 32.1. The first-order chi connectivity index (χ1) is 17.2. The molecule has 0 N–H and O–H groups in total. The zero-order valence-electron chi connectivity index (χ0n) is 18.6. The molecule has 7 rings (SSSR count). The van der Waals surface area contributed by atoms with Crippen LogP contribution in [0, 0.1) is 0 Å². The van der Waals surface area contributed by atoms with Gasteiger partial charge in [-0.2, -0.15) is 0 Å². The minimum Gasteiger partial charge on any atom is -0.249 e. The Balaban J connectivity index is 1.32. The second-order valence-electron chi connectivity index (χ2n) is 8.50. The lowest BCUT2D eigenvalue weighted by Crippen LogP contribution is -1.91. The molecule has 2 aromatic rings. The predicted molar refractivity (Wildman–Crippen MR) is 147 cm³/mol. The molecular formula is C30H18N4S. The average molecular weight is 467 g/mol. The average Bonchev–Trinajstić information content (AvgIpc) is 3.68. The summed E-state index contributed by atoms with van der Waals surface area (Å²) in [6.45, 7) is 0. The number of aliphatic imine (C=N–C) groups is 4. The summed E-state index contributed by atoms with van der Waals surface area (Å²) in [5.74, 6) is 0. The van der Waals surface area contributed by atoms with E-state index in [-0.39, 0.29) is 0 Å². The Bertz CT molecular complexity index is 1640. The van der Waals surface area contributed by atoms with Gasteiger partial charge in [-0.1, -0.05) is 30.3 Å². The number of hydrogen-bond acceptors (Lipinski definition) is 5. The van der Waals surface area contributed by atoms with Gasteiger partial charge >= 0.3 is 0 Å². The highest BCUT2D eigenvalue weighted by Crippen LogP contribution is 2.33. The smallest absolute Gasteiger partial charge is 0.0737 e. The fourth-order valence-electron chi connectivity index (χ4n) is 4.39. The molecule has 164 valence electrons. The minimum absolute atomic E-state index is 0.872. The molecule has 4 nitrogen and oxygen atoms in total. The first kappa shape index (κ1) is 19.9. The third-order valence-electron chi connectivity index (χ3n) is 6.04. The molecule has 0 saturated heterocycles. The second-order valence-corrected chi connectivity index (χ2v) is 9.44. The number of rotatable bonds is 2. The summed E-state index contributed by atoms with van der Waals surface area (Å²) in [7, 11) is 0. The van der Waals surface area contributed by atoms with Gasteiger partial charge < -0.3 is 0 Å². The summed E-state index contributed by atoms with van der Waals surface area (Å²) in [6, 6.07) is 12.9. The van der Waals surface area contributed by atoms with Gasteiger partial charge in [0, 0.05) is 10.5 Å². The summed E-state index contributed by atoms with van der Waals surface area (Å²) >= 11 is 1.75. The molecule has 0 radical (unpaired) electrons. The first-order valence-electron chi connectivity index (χ1n) is 11.4. The standard InChI is InChI=1S/C30H18N4S/c1-2-30(35-13-1)20-5-3-19(4-6-20)28-17-27-16-25-10-9-23(32-25)14-21-7-8-22(31-21)15-24-11-12-26(33-24)18-29(28)34-27/h1-18H. The number of fused-ring (bicyclic) bond motifs is 4. The molecular weight excluding hydrogens is 448 g/mol. The molecule has 0 aliphatic carbocycles. The molecule has 0 fully saturated rings. The largest absolute Gasteiger partial charge is 0.249 e. The fraction of sp³-hybridized carbons (Fsp3) is 0. The van der Waals surface area contributed by atoms with E-state index in [2.05, 4.69) is 52.8 Å². The maximum atomic E-state index is 4.95. The van der Waals surface area contributed by atoms with E-state index in [1.165, 1.54) is 10.4 Å². The van der Waals surface area contributed by atoms with Gasteiger partial charge in [-0.3, -0.25) is 0 Å². The van der Waals surface area contributed by atoms with Gasteiger partial charge in [-0.05, 0) is 89.4 Å². The molecule has 0 spiro atoms. The van der Waals surface area contributed by atoms with E-state index in [0.717, 1.165) is 56.8 Å². The lowest BCUT2D eigenvalue weighted by molar-refractivity contribution is 1.41. The SMILES string of the molecule is C1=CC2=NC1=CC1=NC(=CC3=NC(=CC4=NC(=C2)C=C4)C(c2ccc(-c4cccs4)cc2)=C3)C=C1. The van der Waals surface area contributed by atoms with Crippen LogP contribution in [0.4, 0.5) is 0 Å². The summed E-state index contributed by atoms with van der Waals surface area (Å²) < 4.78 is 0. The highest BCUT2D eigenvalue weighted by Gasteiger charge is 2.18. The number of benzene rings is 1. The lowest BCUT2D eigenvalue weighted by Gasteiger charge is -2.06. The van der Waals surface area contributed by atoms with Crippen LogP contribution in [0.15, 0.2) is 151 Å². The molecule has 8 bridgehead atoms. The van der Waals surface area contributed by atoms with Crippen molar-refractivity contribution in [2.75, 3.05) is 0 Å². The Morgan fingerprint density at radius 2 is 1.06 bits per heavy atom. The molecule has 6 heterocycles. The molecule has 0 amide bonds. The quantitative estimate of drug-likeness (QED) is 0.466. The summed E-state index contributed by atoms with van der Waals surface area (Å²) in [5.41, 5.74) is 10.4. The van der Waals surface area contributed by atoms with Crippen molar-refractivity contribution in [2.45, 2.75) is 0 Å². The zero-order valence-corrected chi connectivity index (χ0v) is 19.4. The van der Waals surface area contributed by atoms with Crippen LogP contribution >= 0.6 is 11.3 Å². The molecule has 0 unspecified atom stereocenters. The Morgan fingerprint density at radius 3 is 1.66 bits per heavy atom. The van der Waals surface area contributed by atoms with Gasteiger partial charge in [0.2, 0.25) is 0 Å². The Labute approximate surface area is 206 Å². The van der Waals surface area contributed by atoms with E-state index in [4.69, 9.17) is 15.0 Å². The van der Waals surface area contributed by atoms with E-state index in [1.54, 1.807) is 11.3 Å². The molecule has 5 aliphatic heterocycles. The van der Waals surface area contributed by atoms with Crippen LogP contribution in [0.25, 0.3) is 16.0 Å². The van der Waals surface area contributed by atoms with Crippen LogP contribution in [0.5, 0.6) is 0 Å². The van der Waals surface area contributed by atoms with Gasteiger partial charge in [0.05, 0.1) is 45.6 Å². The maximum Gasteiger partial charge on any atom is 0.0737 e. The van der Waals surface area contributed by atoms with Gasteiger partial charge in [0.25, 0.3) is 0 Å². The number of thiophene rings is 1. The van der Waals surface area contributed by atoms with Crippen LogP contribution in [-0.2, 0) is 0 Å². The first-order valence-corrected chi connectivity index (χ1v) is 12.3. The summed E-state index contributed by atoms with van der Waals surface area (Å²) in [5, 5.41) is 2.10. The predicted octanol–water partition coefficient (Wildman–Crippen LogP) is 6.83. The maximum absolute atomic E-state index is 4.95. The monoisotopic (exact) mass is 466 g/mol. The molecule has 1 aromatic carbocycles. The summed E-state index contributed by atoms with van der Waals surface area (Å²) in [4.78, 5) is 20.4. The third kappa shape index (κ3) is 3.92. The number of hydrogen-bond donors (Lipinski definition) is 0. The summed E-state index contributed by atoms with van der Waals surface area (Å²) in [6.07, 6.45) is 22.2.